The smallest absolute Gasteiger partial charge is 0.0115 e. The fourth-order valence-corrected chi connectivity index (χ4v) is 1.58. The Morgan fingerprint density at radius 2 is 2.08 bits per heavy atom. The Morgan fingerprint density at radius 1 is 1.46 bits per heavy atom. The summed E-state index contributed by atoms with van der Waals surface area (Å²) in [5.74, 6) is 2.69. The summed E-state index contributed by atoms with van der Waals surface area (Å²) in [6.45, 7) is 6.86. The van der Waals surface area contributed by atoms with Gasteiger partial charge in [0.25, 0.3) is 0 Å². The third-order valence-corrected chi connectivity index (χ3v) is 3.02. The molecule has 1 nitrogen and oxygen atoms in total. The Balaban J connectivity index is 3.96. The zero-order valence-electron chi connectivity index (χ0n) is 9.48. The second kappa shape index (κ2) is 6.05. The topological polar surface area (TPSA) is 12.0 Å². The monoisotopic (exact) mass is 181 g/mol. The zero-order valence-corrected chi connectivity index (χ0v) is 9.48. The van der Waals surface area contributed by atoms with Crippen LogP contribution < -0.4 is 5.32 Å². The van der Waals surface area contributed by atoms with Gasteiger partial charge in [-0.1, -0.05) is 20.8 Å². The van der Waals surface area contributed by atoms with Crippen LogP contribution in [0.15, 0.2) is 0 Å². The van der Waals surface area contributed by atoms with Gasteiger partial charge in [-0.2, -0.15) is 0 Å². The van der Waals surface area contributed by atoms with Crippen molar-refractivity contribution >= 4 is 0 Å². The maximum atomic E-state index is 5.23. The Labute approximate surface area is 83.3 Å². The summed E-state index contributed by atoms with van der Waals surface area (Å²) in [6.07, 6.45) is 9.64. The molecule has 0 aromatic heterocycles. The molecule has 1 N–H and O–H groups in total. The van der Waals surface area contributed by atoms with E-state index in [0.717, 1.165) is 12.8 Å². The number of hydrogen-bond donors (Lipinski definition) is 1. The summed E-state index contributed by atoms with van der Waals surface area (Å²) in [7, 11) is 2.04. The van der Waals surface area contributed by atoms with Crippen molar-refractivity contribution in [3.8, 4) is 12.3 Å². The Morgan fingerprint density at radius 3 is 2.46 bits per heavy atom. The molecule has 0 aromatic rings. The second-order valence-electron chi connectivity index (χ2n) is 4.28. The van der Waals surface area contributed by atoms with Gasteiger partial charge in [0.05, 0.1) is 0 Å². The van der Waals surface area contributed by atoms with E-state index < -0.39 is 0 Å². The molecule has 0 saturated heterocycles. The van der Waals surface area contributed by atoms with Crippen molar-refractivity contribution in [2.75, 3.05) is 7.05 Å². The fourth-order valence-electron chi connectivity index (χ4n) is 1.58. The number of terminal acetylenes is 1. The van der Waals surface area contributed by atoms with Gasteiger partial charge in [0, 0.05) is 12.5 Å². The molecule has 13 heavy (non-hydrogen) atoms. The van der Waals surface area contributed by atoms with Crippen molar-refractivity contribution in [2.24, 2.45) is 5.41 Å². The standard InChI is InChI=1S/C12H23N/c1-6-8-9-10-11(13-5)12(3,4)7-2/h1,11,13H,7-10H2,2-5H3. The van der Waals surface area contributed by atoms with Crippen LogP contribution in [-0.2, 0) is 0 Å². The summed E-state index contributed by atoms with van der Waals surface area (Å²) < 4.78 is 0. The van der Waals surface area contributed by atoms with Gasteiger partial charge in [-0.05, 0) is 31.7 Å². The highest BCUT2D eigenvalue weighted by molar-refractivity contribution is 4.86. The third kappa shape index (κ3) is 4.33. The Bertz CT molecular complexity index is 164. The van der Waals surface area contributed by atoms with Crippen LogP contribution in [0.4, 0.5) is 0 Å². The van der Waals surface area contributed by atoms with Gasteiger partial charge >= 0.3 is 0 Å². The predicted molar refractivity (Wildman–Crippen MR) is 59.6 cm³/mol. The quantitative estimate of drug-likeness (QED) is 0.491. The molecule has 0 aliphatic heterocycles. The van der Waals surface area contributed by atoms with Crippen LogP contribution in [0.25, 0.3) is 0 Å². The minimum atomic E-state index is 0.378. The molecule has 0 rings (SSSR count). The normalized spacial score (nSPS) is 13.8. The lowest BCUT2D eigenvalue weighted by Gasteiger charge is -2.33. The van der Waals surface area contributed by atoms with E-state index in [1.165, 1.54) is 12.8 Å². The van der Waals surface area contributed by atoms with E-state index in [0.29, 0.717) is 11.5 Å². The third-order valence-electron chi connectivity index (χ3n) is 3.02. The molecule has 1 unspecified atom stereocenters. The number of rotatable bonds is 6. The largest absolute Gasteiger partial charge is 0.316 e. The molecule has 1 atom stereocenters. The molecule has 0 heterocycles. The van der Waals surface area contributed by atoms with Gasteiger partial charge in [-0.25, -0.2) is 0 Å². The maximum absolute atomic E-state index is 5.23. The molecule has 0 saturated carbocycles. The summed E-state index contributed by atoms with van der Waals surface area (Å²) in [5.41, 5.74) is 0.378. The van der Waals surface area contributed by atoms with E-state index in [9.17, 15) is 0 Å². The average molecular weight is 181 g/mol. The minimum absolute atomic E-state index is 0.378. The first-order valence-corrected chi connectivity index (χ1v) is 5.19. The van der Waals surface area contributed by atoms with Crippen LogP contribution in [0.1, 0.15) is 46.5 Å². The van der Waals surface area contributed by atoms with Crippen LogP contribution in [0.3, 0.4) is 0 Å². The molecular formula is C12H23N. The van der Waals surface area contributed by atoms with Gasteiger partial charge in [0.15, 0.2) is 0 Å². The molecule has 1 heteroatoms. The highest BCUT2D eigenvalue weighted by Crippen LogP contribution is 2.27. The van der Waals surface area contributed by atoms with E-state index in [2.05, 4.69) is 32.0 Å². The van der Waals surface area contributed by atoms with Gasteiger partial charge < -0.3 is 5.32 Å². The van der Waals surface area contributed by atoms with Crippen LogP contribution in [0.5, 0.6) is 0 Å². The van der Waals surface area contributed by atoms with E-state index in [1.54, 1.807) is 0 Å². The summed E-state index contributed by atoms with van der Waals surface area (Å²) in [5, 5.41) is 3.38. The van der Waals surface area contributed by atoms with Crippen molar-refractivity contribution in [3.63, 3.8) is 0 Å². The highest BCUT2D eigenvalue weighted by Gasteiger charge is 2.25. The molecule has 76 valence electrons. The lowest BCUT2D eigenvalue weighted by molar-refractivity contribution is 0.228. The molecule has 0 aliphatic carbocycles. The first-order valence-electron chi connectivity index (χ1n) is 5.19. The first-order chi connectivity index (χ1) is 6.08. The summed E-state index contributed by atoms with van der Waals surface area (Å²) in [4.78, 5) is 0. The zero-order chi connectivity index (χ0) is 10.3. The van der Waals surface area contributed by atoms with Crippen LogP contribution >= 0.6 is 0 Å². The molecule has 0 bridgehead atoms. The van der Waals surface area contributed by atoms with Gasteiger partial charge in [-0.3, -0.25) is 0 Å². The number of nitrogens with one attached hydrogen (secondary N) is 1. The number of hydrogen-bond acceptors (Lipinski definition) is 1. The van der Waals surface area contributed by atoms with E-state index in [1.807, 2.05) is 7.05 Å². The van der Waals surface area contributed by atoms with Crippen molar-refractivity contribution in [1.29, 1.82) is 0 Å². The van der Waals surface area contributed by atoms with Gasteiger partial charge in [0.2, 0.25) is 0 Å². The lowest BCUT2D eigenvalue weighted by atomic mass is 9.79. The van der Waals surface area contributed by atoms with Gasteiger partial charge in [0.1, 0.15) is 0 Å². The van der Waals surface area contributed by atoms with E-state index >= 15 is 0 Å². The molecule has 0 aromatic carbocycles. The molecule has 0 amide bonds. The molecule has 0 fully saturated rings. The van der Waals surface area contributed by atoms with Crippen molar-refractivity contribution < 1.29 is 0 Å². The molecule has 0 radical (unpaired) electrons. The highest BCUT2D eigenvalue weighted by atomic mass is 14.9. The van der Waals surface area contributed by atoms with E-state index in [4.69, 9.17) is 6.42 Å². The molecular weight excluding hydrogens is 158 g/mol. The Hall–Kier alpha value is -0.480. The molecule has 0 spiro atoms. The van der Waals surface area contributed by atoms with E-state index in [-0.39, 0.29) is 0 Å². The second-order valence-corrected chi connectivity index (χ2v) is 4.28. The van der Waals surface area contributed by atoms with Crippen LogP contribution in [0.2, 0.25) is 0 Å². The van der Waals surface area contributed by atoms with Crippen LogP contribution in [0, 0.1) is 17.8 Å². The first kappa shape index (κ1) is 12.5. The van der Waals surface area contributed by atoms with Crippen molar-refractivity contribution in [1.82, 2.24) is 5.32 Å². The summed E-state index contributed by atoms with van der Waals surface area (Å²) >= 11 is 0. The van der Waals surface area contributed by atoms with Crippen molar-refractivity contribution in [3.05, 3.63) is 0 Å². The van der Waals surface area contributed by atoms with Crippen molar-refractivity contribution in [2.45, 2.75) is 52.5 Å². The lowest BCUT2D eigenvalue weighted by Crippen LogP contribution is -2.39. The summed E-state index contributed by atoms with van der Waals surface area (Å²) in [6, 6.07) is 0.589. The predicted octanol–water partition coefficient (Wildman–Crippen LogP) is 2.81. The fraction of sp³-hybridized carbons (Fsp3) is 0.833. The maximum Gasteiger partial charge on any atom is 0.0115 e. The average Bonchev–Trinajstić information content (AvgIpc) is 2.12. The number of unbranched alkanes of at least 4 members (excludes halogenated alkanes) is 1. The minimum Gasteiger partial charge on any atom is -0.316 e. The SMILES string of the molecule is C#CCCCC(NC)C(C)(C)CC. The Kier molecular flexibility index (Phi) is 5.82. The van der Waals surface area contributed by atoms with Gasteiger partial charge in [-0.15, -0.1) is 12.3 Å². The van der Waals surface area contributed by atoms with Crippen LogP contribution in [-0.4, -0.2) is 13.1 Å². The molecule has 0 aliphatic rings.